The summed E-state index contributed by atoms with van der Waals surface area (Å²) in [5, 5.41) is 9.34. The fraction of sp³-hybridized carbons (Fsp3) is 0.882. The van der Waals surface area contributed by atoms with Crippen LogP contribution in [-0.2, 0) is 9.53 Å². The highest BCUT2D eigenvalue weighted by Crippen LogP contribution is 2.16. The van der Waals surface area contributed by atoms with Crippen molar-refractivity contribution in [3.8, 4) is 0 Å². The smallest absolute Gasteiger partial charge is 0.239 e. The maximum atomic E-state index is 11.9. The van der Waals surface area contributed by atoms with Crippen LogP contribution >= 0.6 is 0 Å². The second-order valence-corrected chi connectivity index (χ2v) is 6.58. The molecule has 0 spiro atoms. The van der Waals surface area contributed by atoms with Crippen molar-refractivity contribution in [2.24, 2.45) is 10.9 Å². The highest BCUT2D eigenvalue weighted by Gasteiger charge is 2.15. The number of rotatable bonds is 9. The van der Waals surface area contributed by atoms with E-state index in [1.807, 2.05) is 0 Å². The Balaban J connectivity index is 2.07. The van der Waals surface area contributed by atoms with Gasteiger partial charge in [-0.2, -0.15) is 0 Å². The number of ether oxygens (including phenoxy) is 1. The third-order valence-corrected chi connectivity index (χ3v) is 3.82. The summed E-state index contributed by atoms with van der Waals surface area (Å²) in [7, 11) is 1.71. The van der Waals surface area contributed by atoms with Crippen LogP contribution in [0.1, 0.15) is 52.4 Å². The maximum Gasteiger partial charge on any atom is 0.239 e. The first-order valence-corrected chi connectivity index (χ1v) is 8.93. The zero-order valence-corrected chi connectivity index (χ0v) is 15.0. The van der Waals surface area contributed by atoms with Gasteiger partial charge in [0.25, 0.3) is 0 Å². The lowest BCUT2D eigenvalue weighted by atomic mass is 9.95. The normalized spacial score (nSPS) is 16.4. The predicted octanol–water partition coefficient (Wildman–Crippen LogP) is 1.66. The van der Waals surface area contributed by atoms with Crippen molar-refractivity contribution >= 4 is 11.9 Å². The molecule has 0 radical (unpaired) electrons. The summed E-state index contributed by atoms with van der Waals surface area (Å²) in [6.07, 6.45) is 6.87. The summed E-state index contributed by atoms with van der Waals surface area (Å²) < 4.78 is 5.53. The van der Waals surface area contributed by atoms with Crippen LogP contribution in [0.5, 0.6) is 0 Å². The molecule has 0 aliphatic heterocycles. The second kappa shape index (κ2) is 12.2. The molecule has 0 heterocycles. The lowest BCUT2D eigenvalue weighted by molar-refractivity contribution is -0.120. The number of hydrogen-bond acceptors (Lipinski definition) is 3. The van der Waals surface area contributed by atoms with Gasteiger partial charge in [0.2, 0.25) is 5.91 Å². The fourth-order valence-corrected chi connectivity index (χ4v) is 2.61. The summed E-state index contributed by atoms with van der Waals surface area (Å²) in [5.74, 6) is 1.27. The van der Waals surface area contributed by atoms with Gasteiger partial charge in [0.15, 0.2) is 5.96 Å². The van der Waals surface area contributed by atoms with Crippen molar-refractivity contribution in [3.05, 3.63) is 0 Å². The van der Waals surface area contributed by atoms with Gasteiger partial charge < -0.3 is 20.7 Å². The van der Waals surface area contributed by atoms with Crippen molar-refractivity contribution in [2.45, 2.75) is 58.4 Å². The molecule has 3 N–H and O–H groups in total. The van der Waals surface area contributed by atoms with Crippen molar-refractivity contribution in [1.29, 1.82) is 0 Å². The first-order chi connectivity index (χ1) is 11.1. The number of carbonyl (C=O) groups excluding carboxylic acids is 1. The number of amides is 1. The third kappa shape index (κ3) is 10.2. The van der Waals surface area contributed by atoms with E-state index in [1.54, 1.807) is 7.05 Å². The Bertz CT molecular complexity index is 353. The molecule has 1 amide bonds. The molecule has 23 heavy (non-hydrogen) atoms. The molecule has 1 fully saturated rings. The van der Waals surface area contributed by atoms with Gasteiger partial charge in [-0.1, -0.05) is 33.1 Å². The quantitative estimate of drug-likeness (QED) is 0.342. The lowest BCUT2D eigenvalue weighted by Gasteiger charge is -2.23. The van der Waals surface area contributed by atoms with Gasteiger partial charge >= 0.3 is 0 Å². The standard InChI is InChI=1S/C17H34N4O2/c1-14(2)13-23-11-7-10-19-17(18-3)20-12-16(22)21-15-8-5-4-6-9-15/h14-15H,4-13H2,1-3H3,(H,21,22)(H2,18,19,20). The Hall–Kier alpha value is -1.30. The third-order valence-electron chi connectivity index (χ3n) is 3.82. The number of hydrogen-bond donors (Lipinski definition) is 3. The first-order valence-electron chi connectivity index (χ1n) is 8.93. The zero-order valence-electron chi connectivity index (χ0n) is 15.0. The van der Waals surface area contributed by atoms with E-state index in [4.69, 9.17) is 4.74 Å². The second-order valence-electron chi connectivity index (χ2n) is 6.58. The van der Waals surface area contributed by atoms with Crippen molar-refractivity contribution in [2.75, 3.05) is 33.4 Å². The number of guanidine groups is 1. The van der Waals surface area contributed by atoms with E-state index in [0.717, 1.165) is 39.0 Å². The van der Waals surface area contributed by atoms with Gasteiger partial charge in [-0.25, -0.2) is 0 Å². The topological polar surface area (TPSA) is 74.8 Å². The Morgan fingerprint density at radius 2 is 1.96 bits per heavy atom. The van der Waals surface area contributed by atoms with E-state index >= 15 is 0 Å². The van der Waals surface area contributed by atoms with Crippen LogP contribution < -0.4 is 16.0 Å². The van der Waals surface area contributed by atoms with Crippen LogP contribution in [0.25, 0.3) is 0 Å². The van der Waals surface area contributed by atoms with Gasteiger partial charge in [0.1, 0.15) is 0 Å². The van der Waals surface area contributed by atoms with Crippen LogP contribution in [0.2, 0.25) is 0 Å². The molecule has 1 saturated carbocycles. The van der Waals surface area contributed by atoms with Crippen molar-refractivity contribution in [3.63, 3.8) is 0 Å². The number of aliphatic imine (C=N–C) groups is 1. The van der Waals surface area contributed by atoms with Crippen LogP contribution in [0.15, 0.2) is 4.99 Å². The molecule has 134 valence electrons. The maximum absolute atomic E-state index is 11.9. The van der Waals surface area contributed by atoms with Gasteiger partial charge in [0, 0.05) is 32.8 Å². The molecule has 0 aromatic heterocycles. The van der Waals surface area contributed by atoms with E-state index in [-0.39, 0.29) is 12.5 Å². The van der Waals surface area contributed by atoms with Gasteiger partial charge in [0.05, 0.1) is 6.54 Å². The monoisotopic (exact) mass is 326 g/mol. The minimum absolute atomic E-state index is 0.0418. The summed E-state index contributed by atoms with van der Waals surface area (Å²) in [5.41, 5.74) is 0. The molecule has 0 aromatic carbocycles. The molecule has 1 rings (SSSR count). The Morgan fingerprint density at radius 3 is 2.61 bits per heavy atom. The number of nitrogens with one attached hydrogen (secondary N) is 3. The van der Waals surface area contributed by atoms with E-state index in [9.17, 15) is 4.79 Å². The van der Waals surface area contributed by atoms with Gasteiger partial charge in [-0.15, -0.1) is 0 Å². The summed E-state index contributed by atoms with van der Waals surface area (Å²) in [4.78, 5) is 16.1. The molecule has 0 atom stereocenters. The minimum atomic E-state index is 0.0418. The molecule has 0 unspecified atom stereocenters. The summed E-state index contributed by atoms with van der Waals surface area (Å²) in [6, 6.07) is 0.353. The van der Waals surface area contributed by atoms with Crippen molar-refractivity contribution < 1.29 is 9.53 Å². The molecule has 0 saturated heterocycles. The van der Waals surface area contributed by atoms with Crippen LogP contribution in [-0.4, -0.2) is 51.3 Å². The SMILES string of the molecule is CN=C(NCCCOCC(C)C)NCC(=O)NC1CCCCC1. The first kappa shape index (κ1) is 19.7. The molecular weight excluding hydrogens is 292 g/mol. The molecule has 1 aliphatic carbocycles. The fourth-order valence-electron chi connectivity index (χ4n) is 2.61. The summed E-state index contributed by atoms with van der Waals surface area (Å²) in [6.45, 7) is 6.87. The van der Waals surface area contributed by atoms with Gasteiger partial charge in [-0.05, 0) is 25.2 Å². The Morgan fingerprint density at radius 1 is 1.22 bits per heavy atom. The number of nitrogens with zero attached hydrogens (tertiary/aromatic N) is 1. The largest absolute Gasteiger partial charge is 0.381 e. The average molecular weight is 326 g/mol. The number of carbonyl (C=O) groups is 1. The average Bonchev–Trinajstić information content (AvgIpc) is 2.54. The van der Waals surface area contributed by atoms with E-state index in [2.05, 4.69) is 34.8 Å². The molecule has 0 aromatic rings. The minimum Gasteiger partial charge on any atom is -0.381 e. The Kier molecular flexibility index (Phi) is 10.4. The van der Waals surface area contributed by atoms with Gasteiger partial charge in [-0.3, -0.25) is 9.79 Å². The Labute approximate surface area is 140 Å². The molecule has 6 heteroatoms. The van der Waals surface area contributed by atoms with Crippen LogP contribution in [0, 0.1) is 5.92 Å². The highest BCUT2D eigenvalue weighted by molar-refractivity contribution is 5.86. The van der Waals surface area contributed by atoms with Crippen LogP contribution in [0.4, 0.5) is 0 Å². The molecule has 0 bridgehead atoms. The lowest BCUT2D eigenvalue weighted by Crippen LogP contribution is -2.46. The highest BCUT2D eigenvalue weighted by atomic mass is 16.5. The molecular formula is C17H34N4O2. The van der Waals surface area contributed by atoms with Crippen LogP contribution in [0.3, 0.4) is 0 Å². The molecule has 1 aliphatic rings. The van der Waals surface area contributed by atoms with Crippen molar-refractivity contribution in [1.82, 2.24) is 16.0 Å². The zero-order chi connectivity index (χ0) is 16.9. The predicted molar refractivity (Wildman–Crippen MR) is 94.7 cm³/mol. The van der Waals surface area contributed by atoms with E-state index in [1.165, 1.54) is 19.3 Å². The summed E-state index contributed by atoms with van der Waals surface area (Å²) >= 11 is 0. The molecule has 6 nitrogen and oxygen atoms in total. The van der Waals surface area contributed by atoms with E-state index in [0.29, 0.717) is 17.9 Å². The van der Waals surface area contributed by atoms with E-state index < -0.39 is 0 Å².